The fraction of sp³-hybridized carbons (Fsp3) is 0.136. The van der Waals surface area contributed by atoms with Crippen molar-refractivity contribution in [3.8, 4) is 11.3 Å². The maximum atomic E-state index is 12.8. The van der Waals surface area contributed by atoms with Crippen LogP contribution in [0.3, 0.4) is 0 Å². The first-order valence-electron chi connectivity index (χ1n) is 9.33. The molecule has 0 radical (unpaired) electrons. The van der Waals surface area contributed by atoms with Gasteiger partial charge in [-0.1, -0.05) is 59.5 Å². The number of amides is 2. The van der Waals surface area contributed by atoms with Crippen LogP contribution in [0.15, 0.2) is 71.6 Å². The summed E-state index contributed by atoms with van der Waals surface area (Å²) in [5.74, 6) is -0.594. The molecular weight excluding hydrogens is 459 g/mol. The zero-order valence-corrected chi connectivity index (χ0v) is 18.2. The Balaban J connectivity index is 1.80. The number of benzene rings is 2. The van der Waals surface area contributed by atoms with Gasteiger partial charge in [0, 0.05) is 17.7 Å². The molecule has 0 fully saturated rings. The van der Waals surface area contributed by atoms with Crippen molar-refractivity contribution in [2.45, 2.75) is 10.5 Å². The molecule has 166 valence electrons. The highest BCUT2D eigenvalue weighted by Crippen LogP contribution is 2.38. The van der Waals surface area contributed by atoms with Crippen LogP contribution in [-0.4, -0.2) is 29.1 Å². The first-order valence-corrected chi connectivity index (χ1v) is 11.1. The molecule has 0 atom stereocenters. The largest absolute Gasteiger partial charge is 0.416 e. The van der Waals surface area contributed by atoms with Gasteiger partial charge in [0.05, 0.1) is 11.3 Å². The van der Waals surface area contributed by atoms with E-state index in [1.165, 1.54) is 23.1 Å². The fourth-order valence-electron chi connectivity index (χ4n) is 2.59. The lowest BCUT2D eigenvalue weighted by Crippen LogP contribution is -2.24. The third kappa shape index (κ3) is 6.21. The molecule has 32 heavy (non-hydrogen) atoms. The van der Waals surface area contributed by atoms with Gasteiger partial charge in [-0.05, 0) is 24.3 Å². The molecule has 2 amide bonds. The Labute approximate surface area is 190 Å². The Bertz CT molecular complexity index is 1100. The Morgan fingerprint density at radius 2 is 1.78 bits per heavy atom. The number of rotatable bonds is 8. The van der Waals surface area contributed by atoms with Gasteiger partial charge in [0.25, 0.3) is 5.91 Å². The summed E-state index contributed by atoms with van der Waals surface area (Å²) < 4.78 is 38.9. The van der Waals surface area contributed by atoms with E-state index in [1.807, 2.05) is 30.3 Å². The van der Waals surface area contributed by atoms with Gasteiger partial charge in [-0.3, -0.25) is 9.59 Å². The lowest BCUT2D eigenvalue weighted by atomic mass is 10.1. The molecule has 0 aliphatic rings. The van der Waals surface area contributed by atoms with Crippen molar-refractivity contribution in [3.05, 3.63) is 78.4 Å². The molecule has 2 aromatic carbocycles. The molecule has 2 N–H and O–H groups in total. The van der Waals surface area contributed by atoms with Crippen molar-refractivity contribution < 1.29 is 22.8 Å². The fourth-order valence-corrected chi connectivity index (χ4v) is 4.48. The molecule has 5 nitrogen and oxygen atoms in total. The highest BCUT2D eigenvalue weighted by atomic mass is 32.2. The third-order valence-electron chi connectivity index (χ3n) is 4.13. The Hall–Kier alpha value is -3.11. The van der Waals surface area contributed by atoms with Crippen LogP contribution in [0.4, 0.5) is 18.2 Å². The van der Waals surface area contributed by atoms with Crippen LogP contribution >= 0.6 is 23.1 Å². The smallest absolute Gasteiger partial charge is 0.352 e. The second kappa shape index (κ2) is 10.5. The predicted molar refractivity (Wildman–Crippen MR) is 121 cm³/mol. The van der Waals surface area contributed by atoms with Crippen LogP contribution in [0.1, 0.15) is 15.9 Å². The molecule has 1 heterocycles. The number of halogens is 3. The number of thioether (sulfide) groups is 1. The first-order chi connectivity index (χ1) is 15.3. The van der Waals surface area contributed by atoms with E-state index in [9.17, 15) is 22.8 Å². The number of anilines is 1. The van der Waals surface area contributed by atoms with Crippen molar-refractivity contribution in [3.63, 3.8) is 0 Å². The van der Waals surface area contributed by atoms with E-state index in [1.54, 1.807) is 6.08 Å². The minimum atomic E-state index is -4.47. The number of carbonyl (C=O) groups excluding carboxylic acids is 2. The lowest BCUT2D eigenvalue weighted by molar-refractivity contribution is -0.137. The average Bonchev–Trinajstić information content (AvgIpc) is 3.19. The number of hydrogen-bond donors (Lipinski definition) is 2. The van der Waals surface area contributed by atoms with Crippen LogP contribution in [0.2, 0.25) is 0 Å². The van der Waals surface area contributed by atoms with Crippen molar-refractivity contribution in [2.75, 3.05) is 17.6 Å². The molecule has 0 aliphatic carbocycles. The van der Waals surface area contributed by atoms with Crippen LogP contribution in [-0.2, 0) is 11.0 Å². The van der Waals surface area contributed by atoms with E-state index in [4.69, 9.17) is 0 Å². The standard InChI is InChI=1S/C22H18F3N3O2S2/c1-2-12-26-17(29)13-31-21-27-18(14-6-4-3-5-7-14)20(32-21)28-19(30)15-8-10-16(11-9-15)22(23,24)25/h2-11H,1,12-13H2,(H,26,29)(H,28,30). The van der Waals surface area contributed by atoms with Gasteiger partial charge >= 0.3 is 6.18 Å². The number of aromatic nitrogens is 1. The molecule has 3 rings (SSSR count). The van der Waals surface area contributed by atoms with Gasteiger partial charge in [0.2, 0.25) is 5.91 Å². The van der Waals surface area contributed by atoms with Gasteiger partial charge in [-0.15, -0.1) is 6.58 Å². The topological polar surface area (TPSA) is 71.1 Å². The quantitative estimate of drug-likeness (QED) is 0.333. The van der Waals surface area contributed by atoms with Crippen LogP contribution in [0.5, 0.6) is 0 Å². The van der Waals surface area contributed by atoms with Gasteiger partial charge in [0.1, 0.15) is 10.7 Å². The molecule has 1 aromatic heterocycles. The van der Waals surface area contributed by atoms with E-state index in [-0.39, 0.29) is 17.2 Å². The number of nitrogens with one attached hydrogen (secondary N) is 2. The van der Waals surface area contributed by atoms with Crippen molar-refractivity contribution in [1.29, 1.82) is 0 Å². The zero-order chi connectivity index (χ0) is 23.1. The lowest BCUT2D eigenvalue weighted by Gasteiger charge is -2.08. The molecule has 0 bridgehead atoms. The van der Waals surface area contributed by atoms with Gasteiger partial charge in [-0.25, -0.2) is 4.98 Å². The van der Waals surface area contributed by atoms with Crippen LogP contribution < -0.4 is 10.6 Å². The Kier molecular flexibility index (Phi) is 7.70. The number of thiazole rings is 1. The molecule has 0 saturated heterocycles. The maximum Gasteiger partial charge on any atom is 0.416 e. The normalized spacial score (nSPS) is 11.1. The number of alkyl halides is 3. The summed E-state index contributed by atoms with van der Waals surface area (Å²) >= 11 is 2.41. The highest BCUT2D eigenvalue weighted by molar-refractivity contribution is 8.01. The second-order valence-electron chi connectivity index (χ2n) is 6.43. The first kappa shape index (κ1) is 23.6. The van der Waals surface area contributed by atoms with E-state index in [2.05, 4.69) is 22.2 Å². The summed E-state index contributed by atoms with van der Waals surface area (Å²) in [6.07, 6.45) is -2.90. The zero-order valence-electron chi connectivity index (χ0n) is 16.6. The van der Waals surface area contributed by atoms with E-state index in [0.717, 1.165) is 29.8 Å². The van der Waals surface area contributed by atoms with Crippen LogP contribution in [0.25, 0.3) is 11.3 Å². The minimum absolute atomic E-state index is 0.0865. The molecule has 0 saturated carbocycles. The molecule has 0 spiro atoms. The maximum absolute atomic E-state index is 12.8. The van der Waals surface area contributed by atoms with Crippen molar-refractivity contribution in [1.82, 2.24) is 10.3 Å². The molecular formula is C22H18F3N3O2S2. The van der Waals surface area contributed by atoms with Crippen molar-refractivity contribution >= 4 is 39.9 Å². The van der Waals surface area contributed by atoms with Crippen LogP contribution in [0, 0.1) is 0 Å². The summed E-state index contributed by atoms with van der Waals surface area (Å²) in [6.45, 7) is 3.90. The van der Waals surface area contributed by atoms with Gasteiger partial charge in [-0.2, -0.15) is 13.2 Å². The minimum Gasteiger partial charge on any atom is -0.352 e. The molecule has 3 aromatic rings. The Morgan fingerprint density at radius 3 is 2.41 bits per heavy atom. The molecule has 10 heteroatoms. The summed E-state index contributed by atoms with van der Waals surface area (Å²) in [7, 11) is 0. The van der Waals surface area contributed by atoms with Crippen molar-refractivity contribution in [2.24, 2.45) is 0 Å². The number of hydrogen-bond acceptors (Lipinski definition) is 5. The summed E-state index contributed by atoms with van der Waals surface area (Å²) in [5, 5.41) is 5.85. The van der Waals surface area contributed by atoms with E-state index >= 15 is 0 Å². The van der Waals surface area contributed by atoms with E-state index in [0.29, 0.717) is 21.6 Å². The molecule has 0 unspecified atom stereocenters. The number of carbonyl (C=O) groups is 2. The second-order valence-corrected chi connectivity index (χ2v) is 8.66. The monoisotopic (exact) mass is 477 g/mol. The number of nitrogens with zero attached hydrogens (tertiary/aromatic N) is 1. The predicted octanol–water partition coefficient (Wildman–Crippen LogP) is 5.48. The average molecular weight is 478 g/mol. The SMILES string of the molecule is C=CCNC(=O)CSc1nc(-c2ccccc2)c(NC(=O)c2ccc(C(F)(F)F)cc2)s1. The highest BCUT2D eigenvalue weighted by Gasteiger charge is 2.30. The van der Waals surface area contributed by atoms with Gasteiger partial charge in [0.15, 0.2) is 4.34 Å². The third-order valence-corrected chi connectivity index (χ3v) is 6.24. The molecule has 0 aliphatic heterocycles. The van der Waals surface area contributed by atoms with Gasteiger partial charge < -0.3 is 10.6 Å². The summed E-state index contributed by atoms with van der Waals surface area (Å²) in [4.78, 5) is 29.0. The summed E-state index contributed by atoms with van der Waals surface area (Å²) in [5.41, 5.74) is 0.535. The Morgan fingerprint density at radius 1 is 1.09 bits per heavy atom. The van der Waals surface area contributed by atoms with E-state index < -0.39 is 17.6 Å². The summed E-state index contributed by atoms with van der Waals surface area (Å²) in [6, 6.07) is 13.1.